The van der Waals surface area contributed by atoms with E-state index in [0.717, 1.165) is 18.0 Å². The van der Waals surface area contributed by atoms with Gasteiger partial charge in [-0.2, -0.15) is 5.26 Å². The Hall–Kier alpha value is -1.33. The maximum atomic E-state index is 8.83. The Morgan fingerprint density at radius 3 is 2.59 bits per heavy atom. The number of nitrogens with zero attached hydrogens (tertiary/aromatic N) is 1. The molecule has 1 atom stereocenters. The maximum absolute atomic E-state index is 8.83. The van der Waals surface area contributed by atoms with Gasteiger partial charge in [-0.05, 0) is 30.5 Å². The molecule has 0 heterocycles. The van der Waals surface area contributed by atoms with Crippen LogP contribution in [-0.4, -0.2) is 6.04 Å². The van der Waals surface area contributed by atoms with Gasteiger partial charge in [0.1, 0.15) is 0 Å². The molecule has 0 spiro atoms. The van der Waals surface area contributed by atoms with E-state index >= 15 is 0 Å². The normalized spacial score (nSPS) is 12.4. The minimum absolute atomic E-state index is 0.524. The third-order valence-corrected chi connectivity index (χ3v) is 3.44. The fourth-order valence-corrected chi connectivity index (χ4v) is 2.19. The minimum atomic E-state index is 0.524. The Morgan fingerprint density at radius 1 is 1.29 bits per heavy atom. The lowest BCUT2D eigenvalue weighted by Crippen LogP contribution is -2.32. The van der Waals surface area contributed by atoms with Gasteiger partial charge in [0.25, 0.3) is 0 Å². The van der Waals surface area contributed by atoms with Gasteiger partial charge < -0.3 is 5.32 Å². The first kappa shape index (κ1) is 13.7. The van der Waals surface area contributed by atoms with Crippen molar-refractivity contribution in [2.24, 2.45) is 5.92 Å². The Kier molecular flexibility index (Phi) is 5.72. The van der Waals surface area contributed by atoms with Gasteiger partial charge in [0.05, 0.1) is 11.6 Å². The highest BCUT2D eigenvalue weighted by Crippen LogP contribution is 2.13. The molecule has 1 aromatic rings. The van der Waals surface area contributed by atoms with Crippen LogP contribution in [0.5, 0.6) is 0 Å². The summed E-state index contributed by atoms with van der Waals surface area (Å²) in [6.45, 7) is 7.56. The number of hydrogen-bond donors (Lipinski definition) is 1. The number of benzene rings is 1. The summed E-state index contributed by atoms with van der Waals surface area (Å²) in [6.07, 6.45) is 2.42. The molecule has 0 saturated carbocycles. The Labute approximate surface area is 105 Å². The van der Waals surface area contributed by atoms with Crippen LogP contribution < -0.4 is 5.32 Å². The predicted molar refractivity (Wildman–Crippen MR) is 71.5 cm³/mol. The van der Waals surface area contributed by atoms with E-state index in [4.69, 9.17) is 5.26 Å². The molecule has 1 N–H and O–H groups in total. The molecule has 0 saturated heterocycles. The summed E-state index contributed by atoms with van der Waals surface area (Å²) in [4.78, 5) is 0. The molecular formula is C15H22N2. The van der Waals surface area contributed by atoms with Crippen molar-refractivity contribution in [2.45, 2.75) is 46.2 Å². The monoisotopic (exact) mass is 230 g/mol. The minimum Gasteiger partial charge on any atom is -0.310 e. The maximum Gasteiger partial charge on any atom is 0.0991 e. The molecule has 0 aliphatic heterocycles. The van der Waals surface area contributed by atoms with Crippen molar-refractivity contribution in [3.05, 3.63) is 35.4 Å². The SMILES string of the molecule is CCC(CC)C(C)NCc1cccc(C#N)c1. The highest BCUT2D eigenvalue weighted by molar-refractivity contribution is 5.32. The van der Waals surface area contributed by atoms with E-state index in [1.165, 1.54) is 18.4 Å². The largest absolute Gasteiger partial charge is 0.310 e. The summed E-state index contributed by atoms with van der Waals surface area (Å²) in [5.74, 6) is 0.731. The molecule has 0 radical (unpaired) electrons. The summed E-state index contributed by atoms with van der Waals surface area (Å²) in [5, 5.41) is 12.4. The highest BCUT2D eigenvalue weighted by atomic mass is 14.9. The molecule has 0 aliphatic rings. The predicted octanol–water partition coefficient (Wildman–Crippen LogP) is 3.47. The first-order chi connectivity index (χ1) is 8.21. The molecule has 92 valence electrons. The average Bonchev–Trinajstić information content (AvgIpc) is 2.38. The van der Waals surface area contributed by atoms with Gasteiger partial charge in [-0.3, -0.25) is 0 Å². The van der Waals surface area contributed by atoms with Crippen molar-refractivity contribution in [3.8, 4) is 6.07 Å². The molecule has 17 heavy (non-hydrogen) atoms. The number of nitriles is 1. The van der Waals surface area contributed by atoms with Gasteiger partial charge in [0, 0.05) is 12.6 Å². The fourth-order valence-electron chi connectivity index (χ4n) is 2.19. The lowest BCUT2D eigenvalue weighted by Gasteiger charge is -2.22. The Morgan fingerprint density at radius 2 is 2.00 bits per heavy atom. The topological polar surface area (TPSA) is 35.8 Å². The highest BCUT2D eigenvalue weighted by Gasteiger charge is 2.12. The lowest BCUT2D eigenvalue weighted by molar-refractivity contribution is 0.353. The first-order valence-electron chi connectivity index (χ1n) is 6.43. The molecule has 2 nitrogen and oxygen atoms in total. The van der Waals surface area contributed by atoms with Crippen molar-refractivity contribution in [1.82, 2.24) is 5.32 Å². The van der Waals surface area contributed by atoms with Gasteiger partial charge in [-0.25, -0.2) is 0 Å². The molecule has 0 aliphatic carbocycles. The van der Waals surface area contributed by atoms with Crippen LogP contribution in [0.25, 0.3) is 0 Å². The van der Waals surface area contributed by atoms with Gasteiger partial charge in [0.15, 0.2) is 0 Å². The van der Waals surface area contributed by atoms with E-state index in [0.29, 0.717) is 6.04 Å². The quantitative estimate of drug-likeness (QED) is 0.812. The van der Waals surface area contributed by atoms with E-state index < -0.39 is 0 Å². The van der Waals surface area contributed by atoms with Gasteiger partial charge >= 0.3 is 0 Å². The van der Waals surface area contributed by atoms with E-state index in [1.807, 2.05) is 18.2 Å². The molecule has 0 aromatic heterocycles. The van der Waals surface area contributed by atoms with Crippen molar-refractivity contribution in [2.75, 3.05) is 0 Å². The number of hydrogen-bond acceptors (Lipinski definition) is 2. The molecule has 1 unspecified atom stereocenters. The molecule has 1 rings (SSSR count). The lowest BCUT2D eigenvalue weighted by atomic mass is 9.95. The second-order valence-electron chi connectivity index (χ2n) is 4.56. The van der Waals surface area contributed by atoms with Crippen LogP contribution in [0.15, 0.2) is 24.3 Å². The molecule has 0 bridgehead atoms. The Balaban J connectivity index is 2.52. The van der Waals surface area contributed by atoms with Gasteiger partial charge in [0.2, 0.25) is 0 Å². The molecule has 0 fully saturated rings. The summed E-state index contributed by atoms with van der Waals surface area (Å²) in [6, 6.07) is 10.5. The number of rotatable bonds is 6. The van der Waals surface area contributed by atoms with Gasteiger partial charge in [-0.15, -0.1) is 0 Å². The third kappa shape index (κ3) is 4.20. The van der Waals surface area contributed by atoms with E-state index in [9.17, 15) is 0 Å². The van der Waals surface area contributed by atoms with Crippen LogP contribution in [0.2, 0.25) is 0 Å². The van der Waals surface area contributed by atoms with Crippen LogP contribution in [0.1, 0.15) is 44.7 Å². The van der Waals surface area contributed by atoms with Crippen molar-refractivity contribution < 1.29 is 0 Å². The van der Waals surface area contributed by atoms with Crippen molar-refractivity contribution in [1.29, 1.82) is 5.26 Å². The fraction of sp³-hybridized carbons (Fsp3) is 0.533. The molecule has 0 amide bonds. The third-order valence-electron chi connectivity index (χ3n) is 3.44. The summed E-state index contributed by atoms with van der Waals surface area (Å²) in [5.41, 5.74) is 1.92. The van der Waals surface area contributed by atoms with Crippen LogP contribution in [0.3, 0.4) is 0 Å². The zero-order valence-electron chi connectivity index (χ0n) is 11.0. The van der Waals surface area contributed by atoms with E-state index in [1.54, 1.807) is 0 Å². The zero-order valence-corrected chi connectivity index (χ0v) is 11.0. The smallest absolute Gasteiger partial charge is 0.0991 e. The first-order valence-corrected chi connectivity index (χ1v) is 6.43. The van der Waals surface area contributed by atoms with Crippen LogP contribution in [0.4, 0.5) is 0 Å². The second-order valence-corrected chi connectivity index (χ2v) is 4.56. The summed E-state index contributed by atoms with van der Waals surface area (Å²) in [7, 11) is 0. The average molecular weight is 230 g/mol. The molecule has 2 heteroatoms. The van der Waals surface area contributed by atoms with Crippen molar-refractivity contribution in [3.63, 3.8) is 0 Å². The summed E-state index contributed by atoms with van der Waals surface area (Å²) >= 11 is 0. The van der Waals surface area contributed by atoms with E-state index in [2.05, 4.69) is 38.2 Å². The number of nitrogens with one attached hydrogen (secondary N) is 1. The Bertz CT molecular complexity index is 375. The summed E-state index contributed by atoms with van der Waals surface area (Å²) < 4.78 is 0. The molecular weight excluding hydrogens is 208 g/mol. The van der Waals surface area contributed by atoms with Gasteiger partial charge in [-0.1, -0.05) is 38.8 Å². The van der Waals surface area contributed by atoms with Crippen LogP contribution >= 0.6 is 0 Å². The van der Waals surface area contributed by atoms with Crippen LogP contribution in [0, 0.1) is 17.2 Å². The second kappa shape index (κ2) is 7.09. The standard InChI is InChI=1S/C15H22N2/c1-4-15(5-2)12(3)17-11-14-8-6-7-13(9-14)10-16/h6-9,12,15,17H,4-5,11H2,1-3H3. The molecule has 1 aromatic carbocycles. The zero-order chi connectivity index (χ0) is 12.7. The van der Waals surface area contributed by atoms with E-state index in [-0.39, 0.29) is 0 Å². The van der Waals surface area contributed by atoms with Crippen molar-refractivity contribution >= 4 is 0 Å². The van der Waals surface area contributed by atoms with Crippen LogP contribution in [-0.2, 0) is 6.54 Å².